The maximum Gasteiger partial charge on any atom is 0.227 e. The van der Waals surface area contributed by atoms with Gasteiger partial charge in [-0.05, 0) is 60.7 Å². The van der Waals surface area contributed by atoms with Crippen LogP contribution in [0, 0.1) is 17.7 Å². The third kappa shape index (κ3) is 6.62. The lowest BCUT2D eigenvalue weighted by Crippen LogP contribution is -2.45. The molecule has 6 nitrogen and oxygen atoms in total. The molecule has 2 aliphatic rings. The monoisotopic (exact) mass is 518 g/mol. The van der Waals surface area contributed by atoms with Crippen molar-refractivity contribution in [3.8, 4) is 17.2 Å². The number of nitrogens with zero attached hydrogens (tertiary/aromatic N) is 2. The number of carbonyl (C=O) groups is 1. The van der Waals surface area contributed by atoms with Gasteiger partial charge in [0.25, 0.3) is 0 Å². The summed E-state index contributed by atoms with van der Waals surface area (Å²) in [6, 6.07) is 8.78. The number of methoxy groups -OCH3 is 1. The summed E-state index contributed by atoms with van der Waals surface area (Å²) < 4.78 is 30.6. The first-order valence-corrected chi connectivity index (χ1v) is 13.1. The van der Waals surface area contributed by atoms with Crippen LogP contribution in [0.15, 0.2) is 30.3 Å². The molecule has 2 heterocycles. The number of rotatable bonds is 8. The molecule has 1 amide bonds. The summed E-state index contributed by atoms with van der Waals surface area (Å²) in [7, 11) is 1.47. The second-order valence-corrected chi connectivity index (χ2v) is 10.5. The fraction of sp³-hybridized carbons (Fsp3) is 0.536. The van der Waals surface area contributed by atoms with Gasteiger partial charge in [0.05, 0.1) is 31.3 Å². The van der Waals surface area contributed by atoms with E-state index in [0.29, 0.717) is 61.8 Å². The number of benzene rings is 2. The van der Waals surface area contributed by atoms with E-state index in [1.165, 1.54) is 13.2 Å². The first-order chi connectivity index (χ1) is 17.3. The number of carbonyl (C=O) groups excluding carboxylic acids is 1. The summed E-state index contributed by atoms with van der Waals surface area (Å²) in [6.45, 7) is 8.78. The fourth-order valence-electron chi connectivity index (χ4n) is 4.99. The second kappa shape index (κ2) is 12.2. The van der Waals surface area contributed by atoms with E-state index in [1.807, 2.05) is 17.0 Å². The highest BCUT2D eigenvalue weighted by Gasteiger charge is 2.30. The standard InChI is InChI=1S/C28H36ClFN2O4/c1-19(2)15-32(17-21-12-23(29)27-26(14-21)35-10-5-11-36-27)28(33)22-6-4-9-31(18-22)16-20-7-8-24(30)25(13-20)34-3/h7-8,12-14,19,22H,4-6,9-11,15-18H2,1-3H3. The number of likely N-dealkylation sites (tertiary alicyclic amines) is 1. The predicted molar refractivity (Wildman–Crippen MR) is 138 cm³/mol. The Morgan fingerprint density at radius 3 is 2.78 bits per heavy atom. The molecule has 36 heavy (non-hydrogen) atoms. The maximum atomic E-state index is 13.8. The molecule has 1 fully saturated rings. The average Bonchev–Trinajstić information content (AvgIpc) is 3.10. The minimum absolute atomic E-state index is 0.0873. The molecule has 196 valence electrons. The summed E-state index contributed by atoms with van der Waals surface area (Å²) in [6.07, 6.45) is 2.61. The lowest BCUT2D eigenvalue weighted by Gasteiger charge is -2.35. The Hall–Kier alpha value is -2.51. The van der Waals surface area contributed by atoms with Gasteiger partial charge in [0, 0.05) is 32.6 Å². The van der Waals surface area contributed by atoms with Crippen molar-refractivity contribution in [3.05, 3.63) is 52.3 Å². The first kappa shape index (κ1) is 26.6. The molecular formula is C28H36ClFN2O4. The van der Waals surface area contributed by atoms with E-state index in [4.69, 9.17) is 25.8 Å². The molecule has 0 saturated carbocycles. The minimum Gasteiger partial charge on any atom is -0.494 e. The topological polar surface area (TPSA) is 51.2 Å². The van der Waals surface area contributed by atoms with Crippen LogP contribution < -0.4 is 14.2 Å². The molecule has 0 spiro atoms. The van der Waals surface area contributed by atoms with Gasteiger partial charge in [-0.15, -0.1) is 0 Å². The Morgan fingerprint density at radius 2 is 2.00 bits per heavy atom. The molecule has 1 atom stereocenters. The lowest BCUT2D eigenvalue weighted by molar-refractivity contribution is -0.138. The number of hydrogen-bond donors (Lipinski definition) is 0. The molecule has 0 aliphatic carbocycles. The van der Waals surface area contributed by atoms with Gasteiger partial charge >= 0.3 is 0 Å². The van der Waals surface area contributed by atoms with E-state index in [9.17, 15) is 9.18 Å². The molecule has 4 rings (SSSR count). The van der Waals surface area contributed by atoms with Crippen molar-refractivity contribution in [2.75, 3.05) is 40.0 Å². The van der Waals surface area contributed by atoms with E-state index >= 15 is 0 Å². The van der Waals surface area contributed by atoms with Crippen LogP contribution in [0.2, 0.25) is 5.02 Å². The third-order valence-electron chi connectivity index (χ3n) is 6.61. The van der Waals surface area contributed by atoms with E-state index in [1.54, 1.807) is 12.1 Å². The average molecular weight is 519 g/mol. The Morgan fingerprint density at radius 1 is 1.19 bits per heavy atom. The molecule has 2 aromatic rings. The van der Waals surface area contributed by atoms with Gasteiger partial charge in [0.1, 0.15) is 0 Å². The minimum atomic E-state index is -0.368. The fourth-order valence-corrected chi connectivity index (χ4v) is 5.28. The summed E-state index contributed by atoms with van der Waals surface area (Å²) >= 11 is 6.52. The van der Waals surface area contributed by atoms with E-state index in [-0.39, 0.29) is 23.4 Å². The van der Waals surface area contributed by atoms with E-state index in [2.05, 4.69) is 18.7 Å². The zero-order chi connectivity index (χ0) is 25.7. The number of amides is 1. The van der Waals surface area contributed by atoms with E-state index < -0.39 is 0 Å². The molecule has 1 unspecified atom stereocenters. The summed E-state index contributed by atoms with van der Waals surface area (Å²) in [5.41, 5.74) is 1.91. The number of piperidine rings is 1. The Balaban J connectivity index is 1.46. The number of ether oxygens (including phenoxy) is 3. The van der Waals surface area contributed by atoms with Crippen LogP contribution in [-0.4, -0.2) is 55.7 Å². The molecule has 0 radical (unpaired) electrons. The summed E-state index contributed by atoms with van der Waals surface area (Å²) in [5.74, 6) is 1.51. The van der Waals surface area contributed by atoms with Crippen molar-refractivity contribution in [2.45, 2.75) is 46.2 Å². The van der Waals surface area contributed by atoms with Gasteiger partial charge in [-0.25, -0.2) is 4.39 Å². The second-order valence-electron chi connectivity index (χ2n) is 10.1. The maximum absolute atomic E-state index is 13.8. The summed E-state index contributed by atoms with van der Waals surface area (Å²) in [5, 5.41) is 0.514. The van der Waals surface area contributed by atoms with Gasteiger partial charge in [0.15, 0.2) is 23.1 Å². The zero-order valence-corrected chi connectivity index (χ0v) is 22.2. The Bertz CT molecular complexity index is 1060. The molecule has 8 heteroatoms. The SMILES string of the molecule is COc1cc(CN2CCCC(C(=O)N(Cc3cc(Cl)c4c(c3)OCCCO4)CC(C)C)C2)ccc1F. The molecular weight excluding hydrogens is 483 g/mol. The van der Waals surface area contributed by atoms with Gasteiger partial charge < -0.3 is 19.1 Å². The van der Waals surface area contributed by atoms with Crippen molar-refractivity contribution >= 4 is 17.5 Å². The van der Waals surface area contributed by atoms with E-state index in [0.717, 1.165) is 36.9 Å². The molecule has 0 N–H and O–H groups in total. The number of hydrogen-bond acceptors (Lipinski definition) is 5. The van der Waals surface area contributed by atoms with Crippen LogP contribution in [0.5, 0.6) is 17.2 Å². The number of fused-ring (bicyclic) bond motifs is 1. The predicted octanol–water partition coefficient (Wildman–Crippen LogP) is 5.55. The highest BCUT2D eigenvalue weighted by molar-refractivity contribution is 6.32. The largest absolute Gasteiger partial charge is 0.494 e. The zero-order valence-electron chi connectivity index (χ0n) is 21.4. The van der Waals surface area contributed by atoms with Crippen LogP contribution in [0.25, 0.3) is 0 Å². The van der Waals surface area contributed by atoms with Gasteiger partial charge in [-0.1, -0.05) is 31.5 Å². The van der Waals surface area contributed by atoms with Crippen molar-refractivity contribution in [3.63, 3.8) is 0 Å². The quantitative estimate of drug-likeness (QED) is 0.459. The highest BCUT2D eigenvalue weighted by atomic mass is 35.5. The smallest absolute Gasteiger partial charge is 0.227 e. The van der Waals surface area contributed by atoms with Crippen LogP contribution in [0.1, 0.15) is 44.2 Å². The van der Waals surface area contributed by atoms with Gasteiger partial charge in [0.2, 0.25) is 5.91 Å². The van der Waals surface area contributed by atoms with Crippen LogP contribution in [-0.2, 0) is 17.9 Å². The van der Waals surface area contributed by atoms with Gasteiger partial charge in [-0.2, -0.15) is 0 Å². The van der Waals surface area contributed by atoms with Crippen LogP contribution in [0.4, 0.5) is 4.39 Å². The molecule has 2 aromatic carbocycles. The number of halogens is 2. The van der Waals surface area contributed by atoms with Crippen molar-refractivity contribution in [1.82, 2.24) is 9.80 Å². The first-order valence-electron chi connectivity index (χ1n) is 12.8. The van der Waals surface area contributed by atoms with Crippen LogP contribution >= 0.6 is 11.6 Å². The third-order valence-corrected chi connectivity index (χ3v) is 6.89. The van der Waals surface area contributed by atoms with Gasteiger partial charge in [-0.3, -0.25) is 9.69 Å². The normalized spacial score (nSPS) is 18.1. The molecule has 0 aromatic heterocycles. The van der Waals surface area contributed by atoms with Crippen molar-refractivity contribution in [2.24, 2.45) is 11.8 Å². The molecule has 1 saturated heterocycles. The van der Waals surface area contributed by atoms with Crippen molar-refractivity contribution in [1.29, 1.82) is 0 Å². The van der Waals surface area contributed by atoms with Crippen molar-refractivity contribution < 1.29 is 23.4 Å². The Labute approximate surface area is 218 Å². The Kier molecular flexibility index (Phi) is 8.96. The molecule has 0 bridgehead atoms. The highest BCUT2D eigenvalue weighted by Crippen LogP contribution is 2.38. The lowest BCUT2D eigenvalue weighted by atomic mass is 9.95. The summed E-state index contributed by atoms with van der Waals surface area (Å²) in [4.78, 5) is 18.0. The molecule has 2 aliphatic heterocycles. The van der Waals surface area contributed by atoms with Crippen LogP contribution in [0.3, 0.4) is 0 Å².